The molecule has 0 radical (unpaired) electrons. The standard InChI is InChI=1S/C10H18N2O/c1-7(13)12-10-8-3-2-4-9(10)6-11-5-8/h8-11H,2-6H2,1H3,(H,12,13). The minimum Gasteiger partial charge on any atom is -0.353 e. The number of nitrogens with one attached hydrogen (secondary N) is 2. The molecule has 2 fully saturated rings. The van der Waals surface area contributed by atoms with E-state index in [1.54, 1.807) is 6.92 Å². The number of piperidine rings is 1. The minimum atomic E-state index is 0.129. The quantitative estimate of drug-likeness (QED) is 0.620. The topological polar surface area (TPSA) is 41.1 Å². The Kier molecular flexibility index (Phi) is 2.54. The first-order chi connectivity index (χ1) is 6.27. The summed E-state index contributed by atoms with van der Waals surface area (Å²) in [5.41, 5.74) is 0. The summed E-state index contributed by atoms with van der Waals surface area (Å²) in [4.78, 5) is 11.0. The van der Waals surface area contributed by atoms with Crippen molar-refractivity contribution in [1.29, 1.82) is 0 Å². The maximum Gasteiger partial charge on any atom is 0.217 e. The van der Waals surface area contributed by atoms with Crippen LogP contribution in [0.25, 0.3) is 0 Å². The predicted molar refractivity (Wildman–Crippen MR) is 51.3 cm³/mol. The highest BCUT2D eigenvalue weighted by molar-refractivity contribution is 5.73. The van der Waals surface area contributed by atoms with Crippen LogP contribution in [0, 0.1) is 11.8 Å². The van der Waals surface area contributed by atoms with Crippen LogP contribution in [0.2, 0.25) is 0 Å². The monoisotopic (exact) mass is 182 g/mol. The van der Waals surface area contributed by atoms with Gasteiger partial charge in [-0.25, -0.2) is 0 Å². The van der Waals surface area contributed by atoms with E-state index >= 15 is 0 Å². The van der Waals surface area contributed by atoms with Crippen molar-refractivity contribution in [2.24, 2.45) is 11.8 Å². The molecule has 13 heavy (non-hydrogen) atoms. The molecule has 1 aliphatic carbocycles. The van der Waals surface area contributed by atoms with E-state index in [-0.39, 0.29) is 5.91 Å². The van der Waals surface area contributed by atoms with Crippen molar-refractivity contribution in [2.75, 3.05) is 13.1 Å². The van der Waals surface area contributed by atoms with E-state index in [4.69, 9.17) is 0 Å². The van der Waals surface area contributed by atoms with Crippen LogP contribution in [0.4, 0.5) is 0 Å². The van der Waals surface area contributed by atoms with Crippen LogP contribution < -0.4 is 10.6 Å². The fraction of sp³-hybridized carbons (Fsp3) is 0.900. The summed E-state index contributed by atoms with van der Waals surface area (Å²) in [6.45, 7) is 3.79. The molecule has 2 rings (SSSR count). The summed E-state index contributed by atoms with van der Waals surface area (Å²) in [7, 11) is 0. The molecule has 1 saturated carbocycles. The van der Waals surface area contributed by atoms with Gasteiger partial charge in [0.05, 0.1) is 0 Å². The zero-order chi connectivity index (χ0) is 9.26. The first-order valence-electron chi connectivity index (χ1n) is 5.25. The molecule has 1 heterocycles. The molecule has 0 aromatic carbocycles. The van der Waals surface area contributed by atoms with Crippen LogP contribution in [-0.4, -0.2) is 25.0 Å². The van der Waals surface area contributed by atoms with Crippen LogP contribution in [-0.2, 0) is 4.79 Å². The normalized spacial score (nSPS) is 38.4. The van der Waals surface area contributed by atoms with E-state index in [1.807, 2.05) is 0 Å². The number of carbonyl (C=O) groups excluding carboxylic acids is 1. The molecule has 2 bridgehead atoms. The fourth-order valence-electron chi connectivity index (χ4n) is 2.77. The van der Waals surface area contributed by atoms with Crippen molar-refractivity contribution < 1.29 is 4.79 Å². The average molecular weight is 182 g/mol. The number of rotatable bonds is 1. The molecule has 1 saturated heterocycles. The highest BCUT2D eigenvalue weighted by atomic mass is 16.1. The summed E-state index contributed by atoms with van der Waals surface area (Å²) in [6.07, 6.45) is 3.88. The van der Waals surface area contributed by atoms with Gasteiger partial charge in [-0.05, 0) is 37.8 Å². The molecule has 0 spiro atoms. The summed E-state index contributed by atoms with van der Waals surface area (Å²) in [5, 5.41) is 6.54. The van der Waals surface area contributed by atoms with Crippen molar-refractivity contribution in [3.63, 3.8) is 0 Å². The van der Waals surface area contributed by atoms with Crippen molar-refractivity contribution in [2.45, 2.75) is 32.2 Å². The third kappa shape index (κ3) is 1.85. The lowest BCUT2D eigenvalue weighted by atomic mass is 9.74. The third-order valence-corrected chi connectivity index (χ3v) is 3.35. The van der Waals surface area contributed by atoms with E-state index < -0.39 is 0 Å². The zero-order valence-corrected chi connectivity index (χ0v) is 8.18. The molecule has 0 aromatic rings. The Bertz CT molecular complexity index is 183. The smallest absolute Gasteiger partial charge is 0.217 e. The van der Waals surface area contributed by atoms with Crippen molar-refractivity contribution in [3.8, 4) is 0 Å². The SMILES string of the molecule is CC(=O)NC1C2CCCC1CNC2. The van der Waals surface area contributed by atoms with Crippen LogP contribution >= 0.6 is 0 Å². The summed E-state index contributed by atoms with van der Waals surface area (Å²) in [5.74, 6) is 1.48. The minimum absolute atomic E-state index is 0.129. The van der Waals surface area contributed by atoms with Gasteiger partial charge in [0, 0.05) is 13.0 Å². The van der Waals surface area contributed by atoms with Gasteiger partial charge in [-0.3, -0.25) is 4.79 Å². The third-order valence-electron chi connectivity index (χ3n) is 3.35. The number of carbonyl (C=O) groups is 1. The largest absolute Gasteiger partial charge is 0.353 e. The van der Waals surface area contributed by atoms with Gasteiger partial charge in [-0.15, -0.1) is 0 Å². The van der Waals surface area contributed by atoms with Gasteiger partial charge in [-0.1, -0.05) is 6.42 Å². The lowest BCUT2D eigenvalue weighted by Crippen LogP contribution is -2.56. The molecule has 0 aromatic heterocycles. The van der Waals surface area contributed by atoms with E-state index in [2.05, 4.69) is 10.6 Å². The second-order valence-corrected chi connectivity index (χ2v) is 4.34. The van der Waals surface area contributed by atoms with Crippen LogP contribution in [0.3, 0.4) is 0 Å². The molecule has 74 valence electrons. The molecule has 3 heteroatoms. The van der Waals surface area contributed by atoms with Gasteiger partial charge >= 0.3 is 0 Å². The van der Waals surface area contributed by atoms with Gasteiger partial charge in [0.15, 0.2) is 0 Å². The maximum absolute atomic E-state index is 11.0. The number of fused-ring (bicyclic) bond motifs is 2. The Labute approximate surface area is 79.3 Å². The highest BCUT2D eigenvalue weighted by Crippen LogP contribution is 2.31. The van der Waals surface area contributed by atoms with Gasteiger partial charge in [0.1, 0.15) is 0 Å². The average Bonchev–Trinajstić information content (AvgIpc) is 2.02. The Balaban J connectivity index is 2.02. The first-order valence-corrected chi connectivity index (χ1v) is 5.25. The van der Waals surface area contributed by atoms with Crippen LogP contribution in [0.5, 0.6) is 0 Å². The van der Waals surface area contributed by atoms with Gasteiger partial charge in [0.25, 0.3) is 0 Å². The molecular formula is C10H18N2O. The Morgan fingerprint density at radius 1 is 1.31 bits per heavy atom. The number of hydrogen-bond donors (Lipinski definition) is 2. The van der Waals surface area contributed by atoms with E-state index in [1.165, 1.54) is 19.3 Å². The lowest BCUT2D eigenvalue weighted by molar-refractivity contribution is -0.121. The molecule has 1 amide bonds. The molecule has 2 atom stereocenters. The second kappa shape index (κ2) is 3.66. The summed E-state index contributed by atoms with van der Waals surface area (Å²) in [6, 6.07) is 0.451. The van der Waals surface area contributed by atoms with Crippen LogP contribution in [0.1, 0.15) is 26.2 Å². The second-order valence-electron chi connectivity index (χ2n) is 4.34. The van der Waals surface area contributed by atoms with E-state index in [9.17, 15) is 4.79 Å². The molecule has 2 unspecified atom stereocenters. The summed E-state index contributed by atoms with van der Waals surface area (Å²) < 4.78 is 0. The number of hydrogen-bond acceptors (Lipinski definition) is 2. The molecule has 3 nitrogen and oxygen atoms in total. The van der Waals surface area contributed by atoms with Crippen molar-refractivity contribution >= 4 is 5.91 Å². The van der Waals surface area contributed by atoms with Crippen LogP contribution in [0.15, 0.2) is 0 Å². The molecule has 1 aliphatic heterocycles. The maximum atomic E-state index is 11.0. The van der Waals surface area contributed by atoms with E-state index in [0.717, 1.165) is 13.1 Å². The molecule has 2 N–H and O–H groups in total. The Hall–Kier alpha value is -0.570. The predicted octanol–water partition coefficient (Wildman–Crippen LogP) is 0.511. The van der Waals surface area contributed by atoms with Gasteiger partial charge in [0.2, 0.25) is 5.91 Å². The van der Waals surface area contributed by atoms with E-state index in [0.29, 0.717) is 17.9 Å². The highest BCUT2D eigenvalue weighted by Gasteiger charge is 2.36. The Morgan fingerprint density at radius 3 is 2.46 bits per heavy atom. The van der Waals surface area contributed by atoms with Crippen molar-refractivity contribution in [3.05, 3.63) is 0 Å². The summed E-state index contributed by atoms with van der Waals surface area (Å²) >= 11 is 0. The van der Waals surface area contributed by atoms with Gasteiger partial charge in [-0.2, -0.15) is 0 Å². The fourth-order valence-corrected chi connectivity index (χ4v) is 2.77. The first kappa shape index (κ1) is 9.00. The molecule has 2 aliphatic rings. The van der Waals surface area contributed by atoms with Crippen molar-refractivity contribution in [1.82, 2.24) is 10.6 Å². The number of amides is 1. The Morgan fingerprint density at radius 2 is 1.92 bits per heavy atom. The molecular weight excluding hydrogens is 164 g/mol. The lowest BCUT2D eigenvalue weighted by Gasteiger charge is -2.43. The zero-order valence-electron chi connectivity index (χ0n) is 8.18. The van der Waals surface area contributed by atoms with Gasteiger partial charge < -0.3 is 10.6 Å².